The SMILES string of the molecule is C#CCOC/C=C/C(C#C)OC(C)=O. The molecular weight excluding hydrogens is 180 g/mol. The second-order valence-electron chi connectivity index (χ2n) is 2.34. The first-order chi connectivity index (χ1) is 6.70. The Balaban J connectivity index is 3.77. The lowest BCUT2D eigenvalue weighted by Crippen LogP contribution is -2.11. The molecule has 0 aliphatic heterocycles. The van der Waals surface area contributed by atoms with Crippen molar-refractivity contribution in [2.24, 2.45) is 0 Å². The highest BCUT2D eigenvalue weighted by Crippen LogP contribution is 1.93. The van der Waals surface area contributed by atoms with Crippen molar-refractivity contribution in [3.05, 3.63) is 12.2 Å². The third kappa shape index (κ3) is 6.97. The molecule has 0 aromatic carbocycles. The maximum absolute atomic E-state index is 10.5. The highest BCUT2D eigenvalue weighted by Gasteiger charge is 2.01. The fraction of sp³-hybridized carbons (Fsp3) is 0.364. The third-order valence-corrected chi connectivity index (χ3v) is 1.17. The van der Waals surface area contributed by atoms with E-state index < -0.39 is 12.1 Å². The number of ether oxygens (including phenoxy) is 2. The average Bonchev–Trinajstić information content (AvgIpc) is 2.15. The van der Waals surface area contributed by atoms with Gasteiger partial charge in [0.1, 0.15) is 6.61 Å². The average molecular weight is 192 g/mol. The molecule has 0 aromatic heterocycles. The first-order valence-corrected chi connectivity index (χ1v) is 4.02. The van der Waals surface area contributed by atoms with Gasteiger partial charge in [0, 0.05) is 6.92 Å². The molecule has 0 rings (SSSR count). The standard InChI is InChI=1S/C11H12O3/c1-4-8-13-9-6-7-11(5-2)14-10(3)12/h1-2,6-7,11H,8-9H2,3H3/b7-6+. The molecule has 14 heavy (non-hydrogen) atoms. The summed E-state index contributed by atoms with van der Waals surface area (Å²) < 4.78 is 9.70. The molecule has 0 aliphatic rings. The Morgan fingerprint density at radius 3 is 2.79 bits per heavy atom. The lowest BCUT2D eigenvalue weighted by Gasteiger charge is -2.04. The molecule has 0 saturated heterocycles. The highest BCUT2D eigenvalue weighted by atomic mass is 16.5. The van der Waals surface area contributed by atoms with Crippen molar-refractivity contribution < 1.29 is 14.3 Å². The van der Waals surface area contributed by atoms with E-state index in [2.05, 4.69) is 11.8 Å². The zero-order chi connectivity index (χ0) is 10.8. The van der Waals surface area contributed by atoms with Crippen LogP contribution in [-0.4, -0.2) is 25.3 Å². The maximum atomic E-state index is 10.5. The Morgan fingerprint density at radius 2 is 2.29 bits per heavy atom. The van der Waals surface area contributed by atoms with E-state index in [1.165, 1.54) is 6.92 Å². The van der Waals surface area contributed by atoms with E-state index in [1.807, 2.05) is 0 Å². The normalized spacial score (nSPS) is 11.6. The summed E-state index contributed by atoms with van der Waals surface area (Å²) in [5.74, 6) is 4.20. The molecule has 0 amide bonds. The van der Waals surface area contributed by atoms with Gasteiger partial charge in [-0.25, -0.2) is 0 Å². The Morgan fingerprint density at radius 1 is 1.57 bits per heavy atom. The Kier molecular flexibility index (Phi) is 6.95. The second kappa shape index (κ2) is 7.91. The van der Waals surface area contributed by atoms with Gasteiger partial charge in [0.05, 0.1) is 6.61 Å². The van der Waals surface area contributed by atoms with E-state index in [1.54, 1.807) is 12.2 Å². The van der Waals surface area contributed by atoms with Gasteiger partial charge >= 0.3 is 5.97 Å². The van der Waals surface area contributed by atoms with Gasteiger partial charge in [0.2, 0.25) is 0 Å². The van der Waals surface area contributed by atoms with Crippen molar-refractivity contribution >= 4 is 5.97 Å². The summed E-state index contributed by atoms with van der Waals surface area (Å²) in [5, 5.41) is 0. The van der Waals surface area contributed by atoms with Gasteiger partial charge in [-0.1, -0.05) is 17.9 Å². The molecule has 3 heteroatoms. The monoisotopic (exact) mass is 192 g/mol. The zero-order valence-electron chi connectivity index (χ0n) is 8.03. The number of hydrogen-bond acceptors (Lipinski definition) is 3. The van der Waals surface area contributed by atoms with E-state index in [4.69, 9.17) is 22.3 Å². The van der Waals surface area contributed by atoms with Crippen molar-refractivity contribution in [2.75, 3.05) is 13.2 Å². The van der Waals surface area contributed by atoms with Crippen LogP contribution in [0.5, 0.6) is 0 Å². The van der Waals surface area contributed by atoms with Crippen molar-refractivity contribution in [3.63, 3.8) is 0 Å². The zero-order valence-corrected chi connectivity index (χ0v) is 8.03. The van der Waals surface area contributed by atoms with Crippen LogP contribution in [0.2, 0.25) is 0 Å². The van der Waals surface area contributed by atoms with E-state index in [9.17, 15) is 4.79 Å². The Hall–Kier alpha value is -1.71. The number of carbonyl (C=O) groups is 1. The molecule has 0 saturated carbocycles. The Bertz CT molecular complexity index is 278. The van der Waals surface area contributed by atoms with Crippen LogP contribution in [0.25, 0.3) is 0 Å². The molecule has 0 fully saturated rings. The smallest absolute Gasteiger partial charge is 0.304 e. The summed E-state index contributed by atoms with van der Waals surface area (Å²) in [4.78, 5) is 10.5. The first kappa shape index (κ1) is 12.3. The van der Waals surface area contributed by atoms with Crippen LogP contribution in [0.4, 0.5) is 0 Å². The van der Waals surface area contributed by atoms with Gasteiger partial charge in [0.25, 0.3) is 0 Å². The summed E-state index contributed by atoms with van der Waals surface area (Å²) in [6.07, 6.45) is 12.7. The van der Waals surface area contributed by atoms with Crippen LogP contribution in [0.3, 0.4) is 0 Å². The summed E-state index contributed by atoms with van der Waals surface area (Å²) >= 11 is 0. The summed E-state index contributed by atoms with van der Waals surface area (Å²) in [6, 6.07) is 0. The largest absolute Gasteiger partial charge is 0.445 e. The third-order valence-electron chi connectivity index (χ3n) is 1.17. The molecule has 1 unspecified atom stereocenters. The molecule has 0 radical (unpaired) electrons. The van der Waals surface area contributed by atoms with Crippen molar-refractivity contribution in [3.8, 4) is 24.7 Å². The van der Waals surface area contributed by atoms with Gasteiger partial charge in [-0.05, 0) is 6.08 Å². The van der Waals surface area contributed by atoms with Gasteiger partial charge in [0.15, 0.2) is 6.10 Å². The van der Waals surface area contributed by atoms with E-state index in [-0.39, 0.29) is 6.61 Å². The topological polar surface area (TPSA) is 35.5 Å². The van der Waals surface area contributed by atoms with Gasteiger partial charge in [-0.2, -0.15) is 0 Å². The summed E-state index contributed by atoms with van der Waals surface area (Å²) in [5.41, 5.74) is 0. The lowest BCUT2D eigenvalue weighted by atomic mass is 10.3. The molecule has 0 spiro atoms. The minimum atomic E-state index is -0.637. The fourth-order valence-corrected chi connectivity index (χ4v) is 0.673. The van der Waals surface area contributed by atoms with Gasteiger partial charge in [-0.3, -0.25) is 4.79 Å². The van der Waals surface area contributed by atoms with Crippen molar-refractivity contribution in [2.45, 2.75) is 13.0 Å². The molecule has 0 bridgehead atoms. The van der Waals surface area contributed by atoms with Crippen molar-refractivity contribution in [1.29, 1.82) is 0 Å². The maximum Gasteiger partial charge on any atom is 0.304 e. The molecule has 74 valence electrons. The van der Waals surface area contributed by atoms with E-state index in [0.29, 0.717) is 6.61 Å². The molecule has 3 nitrogen and oxygen atoms in total. The predicted molar refractivity (Wildman–Crippen MR) is 53.2 cm³/mol. The van der Waals surface area contributed by atoms with Crippen LogP contribution < -0.4 is 0 Å². The number of rotatable bonds is 5. The summed E-state index contributed by atoms with van der Waals surface area (Å²) in [7, 11) is 0. The second-order valence-corrected chi connectivity index (χ2v) is 2.34. The van der Waals surface area contributed by atoms with E-state index in [0.717, 1.165) is 0 Å². The fourth-order valence-electron chi connectivity index (χ4n) is 0.673. The van der Waals surface area contributed by atoms with Crippen LogP contribution in [0.15, 0.2) is 12.2 Å². The molecular formula is C11H12O3. The number of esters is 1. The highest BCUT2D eigenvalue weighted by molar-refractivity contribution is 5.66. The van der Waals surface area contributed by atoms with Gasteiger partial charge < -0.3 is 9.47 Å². The quantitative estimate of drug-likeness (QED) is 0.279. The molecule has 0 heterocycles. The van der Waals surface area contributed by atoms with Gasteiger partial charge in [-0.15, -0.1) is 12.8 Å². The van der Waals surface area contributed by atoms with E-state index >= 15 is 0 Å². The lowest BCUT2D eigenvalue weighted by molar-refractivity contribution is -0.142. The predicted octanol–water partition coefficient (Wildman–Crippen LogP) is 0.757. The number of terminal acetylenes is 2. The Labute approximate surface area is 84.1 Å². The number of carbonyl (C=O) groups excluding carboxylic acids is 1. The molecule has 0 aromatic rings. The number of hydrogen-bond donors (Lipinski definition) is 0. The van der Waals surface area contributed by atoms with Crippen LogP contribution >= 0.6 is 0 Å². The van der Waals surface area contributed by atoms with Crippen LogP contribution in [0.1, 0.15) is 6.92 Å². The minimum Gasteiger partial charge on any atom is -0.445 e. The molecule has 0 aliphatic carbocycles. The summed E-state index contributed by atoms with van der Waals surface area (Å²) in [6.45, 7) is 1.90. The van der Waals surface area contributed by atoms with Crippen LogP contribution in [-0.2, 0) is 14.3 Å². The first-order valence-electron chi connectivity index (χ1n) is 4.02. The van der Waals surface area contributed by atoms with Crippen molar-refractivity contribution in [1.82, 2.24) is 0 Å². The molecule has 0 N–H and O–H groups in total. The van der Waals surface area contributed by atoms with Crippen LogP contribution in [0, 0.1) is 24.7 Å². The minimum absolute atomic E-state index is 0.249. The molecule has 1 atom stereocenters.